The van der Waals surface area contributed by atoms with Crippen molar-refractivity contribution >= 4 is 22.4 Å². The van der Waals surface area contributed by atoms with E-state index in [0.717, 1.165) is 0 Å². The Morgan fingerprint density at radius 3 is 2.68 bits per heavy atom. The highest BCUT2D eigenvalue weighted by atomic mass is 32.3. The number of fused-ring (bicyclic) bond motifs is 2. The summed E-state index contributed by atoms with van der Waals surface area (Å²) in [6.45, 7) is 1.23. The fourth-order valence-corrected chi connectivity index (χ4v) is 4.17. The molecule has 0 aromatic heterocycles. The van der Waals surface area contributed by atoms with Gasteiger partial charge in [0.1, 0.15) is 5.54 Å². The number of urea groups is 1. The van der Waals surface area contributed by atoms with E-state index in [1.807, 2.05) is 0 Å². The predicted octanol–water partition coefficient (Wildman–Crippen LogP) is -0.946. The van der Waals surface area contributed by atoms with Gasteiger partial charge in [-0.05, 0) is 25.8 Å². The van der Waals surface area contributed by atoms with Crippen LogP contribution in [0.5, 0.6) is 0 Å². The number of nitrogens with zero attached hydrogens (tertiary/aromatic N) is 2. The molecule has 11 heteroatoms. The molecule has 3 N–H and O–H groups in total. The fourth-order valence-electron chi connectivity index (χ4n) is 3.78. The lowest BCUT2D eigenvalue weighted by atomic mass is 9.75. The number of rotatable bonds is 4. The van der Waals surface area contributed by atoms with Crippen molar-refractivity contribution in [3.05, 3.63) is 0 Å². The van der Waals surface area contributed by atoms with Crippen LogP contribution in [-0.4, -0.2) is 71.3 Å². The standard InChI is InChI=1S/C11H17N3O7S/c15-9(16)11(7-2-4-12-5-7)3-1-8-6-13(11)10(17)14(8)21-22(18,19)20/h7-8,12H,1-6H2,(H,15,16)(H,18,19,20)/t7?,8-,11+/m1/s1. The molecule has 3 heterocycles. The molecule has 3 rings (SSSR count). The Morgan fingerprint density at radius 2 is 2.14 bits per heavy atom. The number of carbonyl (C=O) groups is 2. The van der Waals surface area contributed by atoms with E-state index in [-0.39, 0.29) is 18.9 Å². The molecule has 22 heavy (non-hydrogen) atoms. The summed E-state index contributed by atoms with van der Waals surface area (Å²) in [6, 6.07) is -1.43. The quantitative estimate of drug-likeness (QED) is 0.560. The average Bonchev–Trinajstić information content (AvgIpc) is 3.03. The molecule has 10 nitrogen and oxygen atoms in total. The highest BCUT2D eigenvalue weighted by molar-refractivity contribution is 7.80. The van der Waals surface area contributed by atoms with E-state index >= 15 is 0 Å². The van der Waals surface area contributed by atoms with Gasteiger partial charge in [-0.15, -0.1) is 4.28 Å². The second-order valence-corrected chi connectivity index (χ2v) is 6.84. The summed E-state index contributed by atoms with van der Waals surface area (Å²) in [5, 5.41) is 13.4. The number of nitrogens with one attached hydrogen (secondary N) is 1. The topological polar surface area (TPSA) is 136 Å². The molecule has 3 atom stereocenters. The maximum Gasteiger partial charge on any atom is 0.418 e. The van der Waals surface area contributed by atoms with Crippen molar-refractivity contribution in [2.45, 2.75) is 30.8 Å². The van der Waals surface area contributed by atoms with Crippen LogP contribution in [0.15, 0.2) is 0 Å². The lowest BCUT2D eigenvalue weighted by Crippen LogP contribution is -2.62. The second kappa shape index (κ2) is 5.05. The average molecular weight is 335 g/mol. The van der Waals surface area contributed by atoms with Gasteiger partial charge >= 0.3 is 22.4 Å². The second-order valence-electron chi connectivity index (χ2n) is 5.83. The third-order valence-electron chi connectivity index (χ3n) is 4.77. The number of carbonyl (C=O) groups excluding carboxylic acids is 1. The molecular formula is C11H17N3O7S. The molecule has 0 saturated carbocycles. The van der Waals surface area contributed by atoms with Gasteiger partial charge in [-0.2, -0.15) is 13.5 Å². The summed E-state index contributed by atoms with van der Waals surface area (Å²) in [5.74, 6) is -1.35. The van der Waals surface area contributed by atoms with E-state index in [1.54, 1.807) is 0 Å². The van der Waals surface area contributed by atoms with Gasteiger partial charge < -0.3 is 15.3 Å². The summed E-state index contributed by atoms with van der Waals surface area (Å²) in [7, 11) is -4.84. The Kier molecular flexibility index (Phi) is 3.55. The first-order valence-electron chi connectivity index (χ1n) is 6.97. The van der Waals surface area contributed by atoms with E-state index in [0.29, 0.717) is 31.0 Å². The van der Waals surface area contributed by atoms with Gasteiger partial charge in [-0.3, -0.25) is 4.55 Å². The first-order valence-corrected chi connectivity index (χ1v) is 8.34. The Bertz CT molecular complexity index is 603. The monoisotopic (exact) mass is 335 g/mol. The summed E-state index contributed by atoms with van der Waals surface area (Å²) in [5.41, 5.74) is -1.37. The van der Waals surface area contributed by atoms with Crippen molar-refractivity contribution in [2.24, 2.45) is 5.92 Å². The molecular weight excluding hydrogens is 318 g/mol. The fraction of sp³-hybridized carbons (Fsp3) is 0.818. The van der Waals surface area contributed by atoms with Gasteiger partial charge in [0.05, 0.1) is 6.04 Å². The molecule has 0 aromatic rings. The van der Waals surface area contributed by atoms with Crippen molar-refractivity contribution < 1.29 is 31.9 Å². The van der Waals surface area contributed by atoms with Crippen LogP contribution < -0.4 is 5.32 Å². The molecule has 0 aliphatic carbocycles. The number of piperidine rings is 1. The lowest BCUT2D eigenvalue weighted by Gasteiger charge is -2.43. The largest absolute Gasteiger partial charge is 0.479 e. The summed E-state index contributed by atoms with van der Waals surface area (Å²) in [6.07, 6.45) is 1.14. The number of aliphatic carboxylic acids is 1. The Balaban J connectivity index is 1.93. The van der Waals surface area contributed by atoms with E-state index in [9.17, 15) is 23.1 Å². The summed E-state index contributed by atoms with van der Waals surface area (Å²) >= 11 is 0. The van der Waals surface area contributed by atoms with Crippen molar-refractivity contribution in [2.75, 3.05) is 19.6 Å². The number of amides is 2. The predicted molar refractivity (Wildman–Crippen MR) is 70.9 cm³/mol. The summed E-state index contributed by atoms with van der Waals surface area (Å²) < 4.78 is 34.8. The zero-order valence-corrected chi connectivity index (χ0v) is 12.5. The van der Waals surface area contributed by atoms with Gasteiger partial charge in [-0.1, -0.05) is 0 Å². The molecule has 3 saturated heterocycles. The number of carboxylic acid groups (broad SMARTS) is 1. The third kappa shape index (κ3) is 2.24. The third-order valence-corrected chi connectivity index (χ3v) is 5.11. The summed E-state index contributed by atoms with van der Waals surface area (Å²) in [4.78, 5) is 25.5. The molecule has 0 spiro atoms. The molecule has 3 fully saturated rings. The Labute approximate surface area is 126 Å². The molecule has 2 bridgehead atoms. The van der Waals surface area contributed by atoms with Gasteiger partial charge in [-0.25, -0.2) is 9.59 Å². The first-order chi connectivity index (χ1) is 10.3. The highest BCUT2D eigenvalue weighted by Gasteiger charge is 2.61. The molecule has 1 unspecified atom stereocenters. The number of hydrogen-bond acceptors (Lipinski definition) is 6. The number of hydroxylamine groups is 2. The molecule has 0 radical (unpaired) electrons. The van der Waals surface area contributed by atoms with Gasteiger partial charge in [0, 0.05) is 19.0 Å². The Morgan fingerprint density at radius 1 is 1.41 bits per heavy atom. The zero-order valence-electron chi connectivity index (χ0n) is 11.6. The van der Waals surface area contributed by atoms with Crippen LogP contribution in [0.2, 0.25) is 0 Å². The first kappa shape index (κ1) is 15.5. The van der Waals surface area contributed by atoms with Crippen LogP contribution in [0.25, 0.3) is 0 Å². The van der Waals surface area contributed by atoms with Crippen molar-refractivity contribution in [3.63, 3.8) is 0 Å². The SMILES string of the molecule is O=C1N(OS(=O)(=O)O)[C@@H]2CC[C@@](C(=O)O)(C3CCNC3)N1C2. The molecule has 3 aliphatic rings. The van der Waals surface area contributed by atoms with E-state index in [2.05, 4.69) is 9.60 Å². The Hall–Kier alpha value is -1.43. The van der Waals surface area contributed by atoms with Crippen LogP contribution >= 0.6 is 0 Å². The minimum absolute atomic E-state index is 0.0666. The maximum absolute atomic E-state index is 12.4. The zero-order chi connectivity index (χ0) is 16.1. The van der Waals surface area contributed by atoms with Crippen molar-refractivity contribution in [1.82, 2.24) is 15.3 Å². The van der Waals surface area contributed by atoms with Crippen LogP contribution in [0.4, 0.5) is 4.79 Å². The van der Waals surface area contributed by atoms with Crippen LogP contribution in [0.3, 0.4) is 0 Å². The van der Waals surface area contributed by atoms with Crippen LogP contribution in [0, 0.1) is 5.92 Å². The van der Waals surface area contributed by atoms with Gasteiger partial charge in [0.15, 0.2) is 0 Å². The van der Waals surface area contributed by atoms with E-state index in [4.69, 9.17) is 4.55 Å². The minimum Gasteiger partial charge on any atom is -0.479 e. The van der Waals surface area contributed by atoms with Crippen molar-refractivity contribution in [1.29, 1.82) is 0 Å². The van der Waals surface area contributed by atoms with Gasteiger partial charge in [0.25, 0.3) is 0 Å². The number of hydrogen-bond donors (Lipinski definition) is 3. The molecule has 2 amide bonds. The minimum atomic E-state index is -4.84. The molecule has 124 valence electrons. The molecule has 0 aromatic carbocycles. The lowest BCUT2D eigenvalue weighted by molar-refractivity contribution is -0.154. The maximum atomic E-state index is 12.4. The van der Waals surface area contributed by atoms with Crippen LogP contribution in [-0.2, 0) is 19.5 Å². The number of carboxylic acids is 1. The molecule has 3 aliphatic heterocycles. The van der Waals surface area contributed by atoms with Gasteiger partial charge in [0.2, 0.25) is 0 Å². The van der Waals surface area contributed by atoms with E-state index < -0.39 is 34.0 Å². The smallest absolute Gasteiger partial charge is 0.418 e. The van der Waals surface area contributed by atoms with Crippen molar-refractivity contribution in [3.8, 4) is 0 Å². The highest BCUT2D eigenvalue weighted by Crippen LogP contribution is 2.43. The van der Waals surface area contributed by atoms with Crippen LogP contribution in [0.1, 0.15) is 19.3 Å². The van der Waals surface area contributed by atoms with E-state index in [1.165, 1.54) is 4.90 Å². The normalized spacial score (nSPS) is 35.2.